The molecule has 15 nitrogen and oxygen atoms in total. The van der Waals surface area contributed by atoms with Crippen LogP contribution in [0.25, 0.3) is 5.73 Å². The van der Waals surface area contributed by atoms with E-state index in [2.05, 4.69) is 5.32 Å². The number of likely N-dealkylation sites (N-methyl/N-ethyl adjacent to an activating group) is 1. The van der Waals surface area contributed by atoms with E-state index in [-0.39, 0.29) is 45.6 Å². The Hall–Kier alpha value is -0.396. The second-order valence-electron chi connectivity index (χ2n) is 9.34. The van der Waals surface area contributed by atoms with Crippen molar-refractivity contribution in [2.45, 2.75) is 92.3 Å². The molecular weight excluding hydrogens is 577 g/mol. The van der Waals surface area contributed by atoms with Gasteiger partial charge in [0.1, 0.15) is 37.1 Å². The molecule has 3 rings (SSSR count). The van der Waals surface area contributed by atoms with Gasteiger partial charge in [-0.1, -0.05) is 6.04 Å². The summed E-state index contributed by atoms with van der Waals surface area (Å²) >= 11 is 0. The van der Waals surface area contributed by atoms with Gasteiger partial charge in [-0.15, -0.1) is 0 Å². The van der Waals surface area contributed by atoms with Crippen molar-refractivity contribution >= 4 is 12.4 Å². The van der Waals surface area contributed by atoms with Crippen LogP contribution in [0.2, 0.25) is 0 Å². The Morgan fingerprint density at radius 2 is 1.86 bits per heavy atom. The Balaban J connectivity index is 0.00000481. The zero-order chi connectivity index (χ0) is 26.8. The monoisotopic (exact) mass is 612 g/mol. The van der Waals surface area contributed by atoms with Gasteiger partial charge in [-0.05, 0) is 7.05 Å². The second-order valence-corrected chi connectivity index (χ2v) is 9.34. The third-order valence-corrected chi connectivity index (χ3v) is 6.89. The average Bonchev–Trinajstić information content (AvgIpc) is 2.83. The fourth-order valence-corrected chi connectivity index (χ4v) is 4.91. The first-order chi connectivity index (χ1) is 17.0. The van der Waals surface area contributed by atoms with E-state index in [1.165, 1.54) is 21.1 Å². The summed E-state index contributed by atoms with van der Waals surface area (Å²) in [6.45, 7) is 0.416. The number of methoxy groups -OCH3 is 1. The summed E-state index contributed by atoms with van der Waals surface area (Å²) in [6.07, 6.45) is -11.7. The second kappa shape index (κ2) is 13.3. The maximum Gasteiger partial charge on any atom is 0.367 e. The molecule has 3 saturated heterocycles. The number of cyclic esters (lactones) is 1. The van der Waals surface area contributed by atoms with Gasteiger partial charge >= 0.3 is 5.97 Å². The molecule has 0 aromatic heterocycles. The molecule has 211 valence electrons. The smallest absolute Gasteiger partial charge is 0.367 e. The summed E-state index contributed by atoms with van der Waals surface area (Å²) in [7, 11) is 2.75. The fraction of sp³-hybridized carbons (Fsp3) is 0.905. The van der Waals surface area contributed by atoms with Crippen molar-refractivity contribution in [1.82, 2.24) is 5.32 Å². The van der Waals surface area contributed by atoms with Crippen LogP contribution in [0.15, 0.2) is 0 Å². The SMILES string of the molecule is CNC1C(O)CC2(OC([C@@H](O)C3OC(C)(OC=O)CC(O)C3[NH-])COC2=O)OC1[C@H](O)[C@@H](CO)OC.[Y]. The number of aliphatic hydroxyl groups excluding tert-OH is 5. The first kappa shape index (κ1) is 32.8. The van der Waals surface area contributed by atoms with E-state index < -0.39 is 98.1 Å². The summed E-state index contributed by atoms with van der Waals surface area (Å²) in [6, 6.07) is -2.26. The molecule has 16 heteroatoms. The molecule has 0 amide bonds. The number of carbonyl (C=O) groups excluding carboxylic acids is 2. The Bertz CT molecular complexity index is 779. The number of nitrogens with one attached hydrogen (secondary N) is 2. The number of esters is 1. The standard InChI is InChI=1S/C21H35N2O13.Y/c1-20(33-8-25)4-9(26)13(22)17(35-20)16(29)12-7-32-19(30)21(34-12)5-10(27)14(23-2)18(36-21)15(28)11(6-24)31-3;/h8-18,22-24,26-29H,4-7H2,1-3H3;/q-1;/t9?,10?,11-,12?,13?,14?,15-,16-,17?,18?,20?,21?;/m1./s1. The average molecular weight is 612 g/mol. The van der Waals surface area contributed by atoms with Crippen LogP contribution in [0.5, 0.6) is 0 Å². The van der Waals surface area contributed by atoms with Crippen LogP contribution in [0.4, 0.5) is 0 Å². The summed E-state index contributed by atoms with van der Waals surface area (Å²) in [4.78, 5) is 23.7. The van der Waals surface area contributed by atoms with Crippen molar-refractivity contribution in [1.29, 1.82) is 0 Å². The van der Waals surface area contributed by atoms with Gasteiger partial charge in [0.2, 0.25) is 5.79 Å². The van der Waals surface area contributed by atoms with E-state index >= 15 is 0 Å². The van der Waals surface area contributed by atoms with Crippen molar-refractivity contribution < 1.29 is 96.3 Å². The number of hydrogen-bond donors (Lipinski definition) is 6. The van der Waals surface area contributed by atoms with Crippen LogP contribution in [-0.2, 0) is 70.7 Å². The first-order valence-electron chi connectivity index (χ1n) is 11.5. The minimum absolute atomic E-state index is 0. The van der Waals surface area contributed by atoms with Gasteiger partial charge in [0.25, 0.3) is 12.3 Å². The van der Waals surface area contributed by atoms with Crippen molar-refractivity contribution in [3.05, 3.63) is 5.73 Å². The molecule has 0 aromatic carbocycles. The van der Waals surface area contributed by atoms with Gasteiger partial charge < -0.3 is 65.0 Å². The predicted octanol–water partition coefficient (Wildman–Crippen LogP) is -3.45. The number of carbonyl (C=O) groups is 2. The maximum atomic E-state index is 12.8. The Kier molecular flexibility index (Phi) is 11.8. The van der Waals surface area contributed by atoms with Crippen LogP contribution in [0.1, 0.15) is 19.8 Å². The van der Waals surface area contributed by atoms with E-state index in [0.717, 1.165) is 0 Å². The van der Waals surface area contributed by atoms with Crippen molar-refractivity contribution in [3.8, 4) is 0 Å². The third kappa shape index (κ3) is 6.68. The number of hydrogen-bond acceptors (Lipinski definition) is 14. The van der Waals surface area contributed by atoms with Gasteiger partial charge in [-0.2, -0.15) is 0 Å². The van der Waals surface area contributed by atoms with Crippen LogP contribution < -0.4 is 5.32 Å². The molecule has 37 heavy (non-hydrogen) atoms. The van der Waals surface area contributed by atoms with Crippen LogP contribution in [-0.4, -0.2) is 138 Å². The van der Waals surface area contributed by atoms with Gasteiger partial charge in [0.15, 0.2) is 0 Å². The van der Waals surface area contributed by atoms with E-state index in [0.29, 0.717) is 0 Å². The zero-order valence-corrected chi connectivity index (χ0v) is 23.6. The Labute approximate surface area is 238 Å². The quantitative estimate of drug-likeness (QED) is 0.110. The molecule has 3 heterocycles. The zero-order valence-electron chi connectivity index (χ0n) is 20.8. The topological polar surface area (TPSA) is 226 Å². The largest absolute Gasteiger partial charge is 0.670 e. The van der Waals surface area contributed by atoms with Gasteiger partial charge in [0, 0.05) is 65.7 Å². The fourth-order valence-electron chi connectivity index (χ4n) is 4.91. The van der Waals surface area contributed by atoms with Crippen molar-refractivity contribution in [2.75, 3.05) is 27.4 Å². The summed E-state index contributed by atoms with van der Waals surface area (Å²) in [5.41, 5.74) is 8.24. The first-order valence-corrected chi connectivity index (χ1v) is 11.5. The molecule has 1 radical (unpaired) electrons. The van der Waals surface area contributed by atoms with E-state index in [1.807, 2.05) is 0 Å². The summed E-state index contributed by atoms with van der Waals surface area (Å²) in [5, 5.41) is 55.2. The molecule has 0 aromatic rings. The predicted molar refractivity (Wildman–Crippen MR) is 116 cm³/mol. The molecule has 0 aliphatic carbocycles. The van der Waals surface area contributed by atoms with Crippen LogP contribution in [0.3, 0.4) is 0 Å². The maximum absolute atomic E-state index is 12.8. The summed E-state index contributed by atoms with van der Waals surface area (Å²) < 4.78 is 32.5. The molecule has 0 bridgehead atoms. The molecule has 3 aliphatic heterocycles. The van der Waals surface area contributed by atoms with Crippen molar-refractivity contribution in [2.24, 2.45) is 0 Å². The molecule has 0 saturated carbocycles. The van der Waals surface area contributed by atoms with Gasteiger partial charge in [-0.3, -0.25) is 4.79 Å². The van der Waals surface area contributed by atoms with E-state index in [9.17, 15) is 35.1 Å². The van der Waals surface area contributed by atoms with Gasteiger partial charge in [-0.25, -0.2) is 4.79 Å². The minimum Gasteiger partial charge on any atom is -0.670 e. The van der Waals surface area contributed by atoms with E-state index in [4.69, 9.17) is 34.2 Å². The van der Waals surface area contributed by atoms with Gasteiger partial charge in [0.05, 0.1) is 24.9 Å². The molecule has 12 atom stereocenters. The number of aliphatic hydroxyl groups is 5. The Morgan fingerprint density at radius 1 is 1.19 bits per heavy atom. The molecule has 7 N–H and O–H groups in total. The van der Waals surface area contributed by atoms with Crippen LogP contribution in [0, 0.1) is 0 Å². The molecule has 3 fully saturated rings. The summed E-state index contributed by atoms with van der Waals surface area (Å²) in [5.74, 6) is -4.90. The van der Waals surface area contributed by atoms with E-state index in [1.54, 1.807) is 0 Å². The number of ether oxygens (including phenoxy) is 6. The van der Waals surface area contributed by atoms with Crippen LogP contribution >= 0.6 is 0 Å². The van der Waals surface area contributed by atoms with Crippen molar-refractivity contribution in [3.63, 3.8) is 0 Å². The molecule has 1 spiro atoms. The minimum atomic E-state index is -2.26. The third-order valence-electron chi connectivity index (χ3n) is 6.89. The molecule has 9 unspecified atom stereocenters. The molecular formula is C21H35N2O13Y-. The Morgan fingerprint density at radius 3 is 2.43 bits per heavy atom. The number of rotatable bonds is 9. The molecule has 3 aliphatic rings. The normalized spacial score (nSPS) is 42.7.